The van der Waals surface area contributed by atoms with Crippen molar-refractivity contribution >= 4 is 44.3 Å². The Bertz CT molecular complexity index is 726. The van der Waals surface area contributed by atoms with Crippen LogP contribution in [0.1, 0.15) is 5.56 Å². The summed E-state index contributed by atoms with van der Waals surface area (Å²) in [5.74, 6) is 0. The molecule has 1 aromatic carbocycles. The van der Waals surface area contributed by atoms with E-state index in [1.165, 1.54) is 6.20 Å². The van der Waals surface area contributed by atoms with Crippen molar-refractivity contribution in [3.63, 3.8) is 0 Å². The first kappa shape index (κ1) is 15.1. The average molecular weight is 332 g/mol. The van der Waals surface area contributed by atoms with E-state index in [1.807, 2.05) is 32.0 Å². The van der Waals surface area contributed by atoms with Crippen LogP contribution in [0.4, 0.5) is 11.4 Å². The van der Waals surface area contributed by atoms with E-state index >= 15 is 0 Å². The largest absolute Gasteiger partial charge is 0.377 e. The lowest BCUT2D eigenvalue weighted by atomic mass is 10.2. The minimum absolute atomic E-state index is 0.0921. The maximum absolute atomic E-state index is 12.2. The first-order chi connectivity index (χ1) is 9.29. The molecule has 1 N–H and O–H groups in total. The molecule has 2 aromatic rings. The van der Waals surface area contributed by atoms with E-state index in [-0.39, 0.29) is 8.68 Å². The summed E-state index contributed by atoms with van der Waals surface area (Å²) in [6.45, 7) is 1.97. The zero-order valence-electron chi connectivity index (χ0n) is 11.2. The van der Waals surface area contributed by atoms with Crippen LogP contribution < -0.4 is 9.62 Å². The Labute approximate surface area is 127 Å². The highest BCUT2D eigenvalue weighted by atomic mass is 35.5. The second-order valence-electron chi connectivity index (χ2n) is 4.43. The van der Waals surface area contributed by atoms with Crippen molar-refractivity contribution in [2.45, 2.75) is 11.1 Å². The van der Waals surface area contributed by atoms with Gasteiger partial charge in [-0.05, 0) is 24.6 Å². The SMILES string of the molecule is Cc1ccc(NS(=O)(=O)c2cnc(Cl)s2)cc1N(C)C. The van der Waals surface area contributed by atoms with Crippen molar-refractivity contribution in [1.82, 2.24) is 4.98 Å². The fourth-order valence-corrected chi connectivity index (χ4v) is 4.07. The van der Waals surface area contributed by atoms with Gasteiger partial charge < -0.3 is 4.90 Å². The van der Waals surface area contributed by atoms with Crippen LogP contribution in [0.15, 0.2) is 28.6 Å². The number of benzene rings is 1. The molecule has 0 fully saturated rings. The van der Waals surface area contributed by atoms with Gasteiger partial charge in [0, 0.05) is 19.8 Å². The Kier molecular flexibility index (Phi) is 4.22. The highest BCUT2D eigenvalue weighted by Gasteiger charge is 2.18. The third kappa shape index (κ3) is 3.23. The minimum atomic E-state index is -3.64. The van der Waals surface area contributed by atoms with Gasteiger partial charge in [0.15, 0.2) is 8.68 Å². The number of thiazole rings is 1. The van der Waals surface area contributed by atoms with E-state index in [2.05, 4.69) is 9.71 Å². The van der Waals surface area contributed by atoms with Gasteiger partial charge in [0.2, 0.25) is 0 Å². The highest BCUT2D eigenvalue weighted by Crippen LogP contribution is 2.27. The normalized spacial score (nSPS) is 11.4. The molecule has 0 amide bonds. The Balaban J connectivity index is 2.32. The van der Waals surface area contributed by atoms with Gasteiger partial charge in [-0.25, -0.2) is 13.4 Å². The molecular formula is C12H14ClN3O2S2. The molecule has 0 saturated heterocycles. The zero-order valence-corrected chi connectivity index (χ0v) is 13.6. The first-order valence-electron chi connectivity index (χ1n) is 5.72. The lowest BCUT2D eigenvalue weighted by molar-refractivity contribution is 0.603. The summed E-state index contributed by atoms with van der Waals surface area (Å²) in [6.07, 6.45) is 1.25. The molecule has 1 heterocycles. The molecule has 0 saturated carbocycles. The van der Waals surface area contributed by atoms with E-state index in [4.69, 9.17) is 11.6 Å². The lowest BCUT2D eigenvalue weighted by Crippen LogP contribution is -2.14. The van der Waals surface area contributed by atoms with E-state index in [9.17, 15) is 8.42 Å². The molecule has 1 aromatic heterocycles. The third-order valence-electron chi connectivity index (χ3n) is 2.66. The molecule has 0 atom stereocenters. The predicted molar refractivity (Wildman–Crippen MR) is 83.4 cm³/mol. The number of nitrogens with zero attached hydrogens (tertiary/aromatic N) is 2. The topological polar surface area (TPSA) is 62.3 Å². The molecule has 108 valence electrons. The van der Waals surface area contributed by atoms with Gasteiger partial charge in [0.1, 0.15) is 0 Å². The van der Waals surface area contributed by atoms with Crippen LogP contribution in [0.5, 0.6) is 0 Å². The molecule has 0 aliphatic heterocycles. The number of aryl methyl sites for hydroxylation is 1. The Morgan fingerprint density at radius 1 is 1.35 bits per heavy atom. The quantitative estimate of drug-likeness (QED) is 0.935. The zero-order chi connectivity index (χ0) is 14.9. The summed E-state index contributed by atoms with van der Waals surface area (Å²) in [4.78, 5) is 5.67. The second-order valence-corrected chi connectivity index (χ2v) is 7.96. The lowest BCUT2D eigenvalue weighted by Gasteiger charge is -2.17. The third-order valence-corrected chi connectivity index (χ3v) is 5.62. The van der Waals surface area contributed by atoms with Crippen LogP contribution in [-0.2, 0) is 10.0 Å². The number of nitrogens with one attached hydrogen (secondary N) is 1. The molecule has 0 unspecified atom stereocenters. The number of hydrogen-bond donors (Lipinski definition) is 1. The number of sulfonamides is 1. The van der Waals surface area contributed by atoms with Crippen LogP contribution in [0.2, 0.25) is 4.47 Å². The van der Waals surface area contributed by atoms with Crippen LogP contribution in [0.25, 0.3) is 0 Å². The maximum atomic E-state index is 12.2. The van der Waals surface area contributed by atoms with E-state index < -0.39 is 10.0 Å². The fraction of sp³-hybridized carbons (Fsp3) is 0.250. The summed E-state index contributed by atoms with van der Waals surface area (Å²) < 4.78 is 27.2. The molecule has 2 rings (SSSR count). The van der Waals surface area contributed by atoms with Crippen molar-refractivity contribution in [1.29, 1.82) is 0 Å². The van der Waals surface area contributed by atoms with Gasteiger partial charge in [-0.15, -0.1) is 0 Å². The van der Waals surface area contributed by atoms with Crippen LogP contribution >= 0.6 is 22.9 Å². The van der Waals surface area contributed by atoms with Crippen LogP contribution in [0, 0.1) is 6.92 Å². The monoisotopic (exact) mass is 331 g/mol. The molecule has 0 aliphatic carbocycles. The van der Waals surface area contributed by atoms with Gasteiger partial charge in [0.05, 0.1) is 11.9 Å². The summed E-state index contributed by atoms with van der Waals surface area (Å²) in [7, 11) is 0.168. The van der Waals surface area contributed by atoms with Gasteiger partial charge in [-0.2, -0.15) is 0 Å². The molecule has 0 aliphatic rings. The number of halogens is 1. The van der Waals surface area contributed by atoms with Gasteiger partial charge in [-0.3, -0.25) is 4.72 Å². The average Bonchev–Trinajstić information content (AvgIpc) is 2.78. The number of anilines is 2. The predicted octanol–water partition coefficient (Wildman–Crippen LogP) is 2.97. The molecule has 0 bridgehead atoms. The molecular weight excluding hydrogens is 318 g/mol. The van der Waals surface area contributed by atoms with Crippen molar-refractivity contribution in [3.05, 3.63) is 34.4 Å². The van der Waals surface area contributed by atoms with Gasteiger partial charge in [0.25, 0.3) is 10.0 Å². The molecule has 0 radical (unpaired) electrons. The standard InChI is InChI=1S/C12H14ClN3O2S2/c1-8-4-5-9(6-10(8)16(2)3)15-20(17,18)11-7-14-12(13)19-11/h4-7,15H,1-3H3. The summed E-state index contributed by atoms with van der Waals surface area (Å²) in [5.41, 5.74) is 2.52. The summed E-state index contributed by atoms with van der Waals surface area (Å²) in [5, 5.41) is 0. The van der Waals surface area contributed by atoms with Crippen molar-refractivity contribution < 1.29 is 8.42 Å². The molecule has 0 spiro atoms. The van der Waals surface area contributed by atoms with Crippen molar-refractivity contribution in [2.24, 2.45) is 0 Å². The van der Waals surface area contributed by atoms with Crippen molar-refractivity contribution in [3.8, 4) is 0 Å². The minimum Gasteiger partial charge on any atom is -0.377 e. The van der Waals surface area contributed by atoms with E-state index in [0.29, 0.717) is 5.69 Å². The van der Waals surface area contributed by atoms with Gasteiger partial charge in [-0.1, -0.05) is 29.0 Å². The Morgan fingerprint density at radius 3 is 2.60 bits per heavy atom. The summed E-state index contributed by atoms with van der Waals surface area (Å²) in [6, 6.07) is 5.38. The molecule has 8 heteroatoms. The number of rotatable bonds is 4. The van der Waals surface area contributed by atoms with Crippen LogP contribution in [0.3, 0.4) is 0 Å². The highest BCUT2D eigenvalue weighted by molar-refractivity contribution is 7.94. The van der Waals surface area contributed by atoms with Crippen LogP contribution in [-0.4, -0.2) is 27.5 Å². The molecule has 5 nitrogen and oxygen atoms in total. The van der Waals surface area contributed by atoms with Gasteiger partial charge >= 0.3 is 0 Å². The smallest absolute Gasteiger partial charge is 0.273 e. The Morgan fingerprint density at radius 2 is 2.05 bits per heavy atom. The molecule has 20 heavy (non-hydrogen) atoms. The fourth-order valence-electron chi connectivity index (χ4n) is 1.72. The second kappa shape index (κ2) is 5.59. The van der Waals surface area contributed by atoms with E-state index in [1.54, 1.807) is 12.1 Å². The van der Waals surface area contributed by atoms with E-state index in [0.717, 1.165) is 22.6 Å². The summed E-state index contributed by atoms with van der Waals surface area (Å²) >= 11 is 6.59. The Hall–Kier alpha value is -1.31. The first-order valence-corrected chi connectivity index (χ1v) is 8.39. The van der Waals surface area contributed by atoms with Crippen molar-refractivity contribution in [2.75, 3.05) is 23.7 Å². The maximum Gasteiger partial charge on any atom is 0.273 e. The number of hydrogen-bond acceptors (Lipinski definition) is 5. The number of aromatic nitrogens is 1.